The first kappa shape index (κ1) is 14.4. The molecule has 1 aliphatic heterocycles. The number of benzene rings is 2. The zero-order valence-electron chi connectivity index (χ0n) is 13.4. The Morgan fingerprint density at radius 2 is 1.71 bits per heavy atom. The number of hydrogen-bond acceptors (Lipinski definition) is 4. The van der Waals surface area contributed by atoms with Gasteiger partial charge in [-0.05, 0) is 24.3 Å². The van der Waals surface area contributed by atoms with Crippen molar-refractivity contribution in [1.29, 1.82) is 0 Å². The number of rotatable bonds is 2. The van der Waals surface area contributed by atoms with Crippen molar-refractivity contribution in [3.63, 3.8) is 0 Å². The van der Waals surface area contributed by atoms with Crippen LogP contribution in [0.4, 0.5) is 0 Å². The fourth-order valence-electron chi connectivity index (χ4n) is 3.01. The molecule has 4 rings (SSSR count). The Labute approximate surface area is 139 Å². The first-order valence-electron chi connectivity index (χ1n) is 7.63. The smallest absolute Gasteiger partial charge is 0.256 e. The van der Waals surface area contributed by atoms with E-state index >= 15 is 0 Å². The van der Waals surface area contributed by atoms with Gasteiger partial charge in [0.15, 0.2) is 11.6 Å². The topological polar surface area (TPSA) is 60.3 Å². The van der Waals surface area contributed by atoms with Crippen molar-refractivity contribution < 1.29 is 9.53 Å². The van der Waals surface area contributed by atoms with E-state index in [1.54, 1.807) is 19.1 Å². The summed E-state index contributed by atoms with van der Waals surface area (Å²) in [6.45, 7) is 0.398. The van der Waals surface area contributed by atoms with Crippen molar-refractivity contribution >= 4 is 5.91 Å². The Kier molecular flexibility index (Phi) is 3.30. The minimum absolute atomic E-state index is 0.0259. The summed E-state index contributed by atoms with van der Waals surface area (Å²) in [5, 5.41) is 8.69. The minimum Gasteiger partial charge on any atom is -0.496 e. The van der Waals surface area contributed by atoms with Crippen molar-refractivity contribution in [2.45, 2.75) is 6.54 Å². The van der Waals surface area contributed by atoms with E-state index in [1.807, 2.05) is 53.1 Å². The van der Waals surface area contributed by atoms with Crippen LogP contribution in [0.3, 0.4) is 0 Å². The van der Waals surface area contributed by atoms with Crippen molar-refractivity contribution in [3.05, 3.63) is 59.9 Å². The lowest BCUT2D eigenvalue weighted by molar-refractivity contribution is 0.0786. The molecule has 6 nitrogen and oxygen atoms in total. The zero-order chi connectivity index (χ0) is 16.7. The fraction of sp³-hybridized carbons (Fsp3) is 0.167. The average molecular weight is 320 g/mol. The number of amides is 1. The van der Waals surface area contributed by atoms with Crippen LogP contribution in [-0.4, -0.2) is 39.7 Å². The van der Waals surface area contributed by atoms with Gasteiger partial charge in [-0.3, -0.25) is 9.36 Å². The number of aromatic nitrogens is 3. The second-order valence-corrected chi connectivity index (χ2v) is 5.65. The number of para-hydroxylation sites is 2. The Morgan fingerprint density at radius 1 is 1.00 bits per heavy atom. The molecular formula is C18H16N4O2. The molecule has 0 unspecified atom stereocenters. The molecule has 0 atom stereocenters. The third-order valence-electron chi connectivity index (χ3n) is 4.18. The Balaban J connectivity index is 2.02. The summed E-state index contributed by atoms with van der Waals surface area (Å²) < 4.78 is 7.40. The van der Waals surface area contributed by atoms with Crippen LogP contribution >= 0.6 is 0 Å². The molecule has 0 N–H and O–H groups in total. The average Bonchev–Trinajstić information content (AvgIpc) is 2.99. The summed E-state index contributed by atoms with van der Waals surface area (Å²) in [5.41, 5.74) is 2.26. The SMILES string of the molecule is COc1ccccc1-c1nnc2n1-c1ccccc1C(=O)N(C)C2. The van der Waals surface area contributed by atoms with Crippen LogP contribution in [0.1, 0.15) is 16.2 Å². The Morgan fingerprint density at radius 3 is 2.50 bits per heavy atom. The summed E-state index contributed by atoms with van der Waals surface area (Å²) >= 11 is 0. The van der Waals surface area contributed by atoms with E-state index < -0.39 is 0 Å². The van der Waals surface area contributed by atoms with Gasteiger partial charge in [0.05, 0.1) is 30.5 Å². The van der Waals surface area contributed by atoms with Crippen LogP contribution in [0.15, 0.2) is 48.5 Å². The van der Waals surface area contributed by atoms with E-state index in [1.165, 1.54) is 0 Å². The zero-order valence-corrected chi connectivity index (χ0v) is 13.4. The number of hydrogen-bond donors (Lipinski definition) is 0. The molecule has 0 saturated carbocycles. The first-order chi connectivity index (χ1) is 11.7. The standard InChI is InChI=1S/C18H16N4O2/c1-21-11-16-19-20-17(13-8-4-6-10-15(13)24-2)22(16)14-9-5-3-7-12(14)18(21)23/h3-10H,11H2,1-2H3. The quantitative estimate of drug-likeness (QED) is 0.728. The minimum atomic E-state index is -0.0259. The number of carbonyl (C=O) groups excluding carboxylic acids is 1. The van der Waals surface area contributed by atoms with E-state index in [-0.39, 0.29) is 5.91 Å². The number of fused-ring (bicyclic) bond motifs is 3. The maximum absolute atomic E-state index is 12.6. The van der Waals surface area contributed by atoms with Crippen LogP contribution in [0.5, 0.6) is 5.75 Å². The molecule has 1 aromatic heterocycles. The highest BCUT2D eigenvalue weighted by molar-refractivity contribution is 5.98. The maximum atomic E-state index is 12.6. The van der Waals surface area contributed by atoms with Gasteiger partial charge >= 0.3 is 0 Å². The largest absolute Gasteiger partial charge is 0.496 e. The van der Waals surface area contributed by atoms with Crippen molar-refractivity contribution in [3.8, 4) is 22.8 Å². The van der Waals surface area contributed by atoms with Crippen LogP contribution < -0.4 is 4.74 Å². The molecule has 3 aromatic rings. The molecule has 0 aliphatic carbocycles. The van der Waals surface area contributed by atoms with Gasteiger partial charge < -0.3 is 9.64 Å². The third kappa shape index (κ3) is 2.07. The third-order valence-corrected chi connectivity index (χ3v) is 4.18. The molecule has 0 spiro atoms. The number of ether oxygens (including phenoxy) is 1. The van der Waals surface area contributed by atoms with Gasteiger partial charge in [-0.2, -0.15) is 0 Å². The second-order valence-electron chi connectivity index (χ2n) is 5.65. The van der Waals surface area contributed by atoms with E-state index in [0.717, 1.165) is 17.1 Å². The lowest BCUT2D eigenvalue weighted by Crippen LogP contribution is -2.25. The number of carbonyl (C=O) groups is 1. The molecule has 0 fully saturated rings. The molecule has 2 aromatic carbocycles. The fourth-order valence-corrected chi connectivity index (χ4v) is 3.01. The second kappa shape index (κ2) is 5.49. The van der Waals surface area contributed by atoms with Gasteiger partial charge in [0.25, 0.3) is 5.91 Å². The van der Waals surface area contributed by atoms with Crippen LogP contribution in [0.25, 0.3) is 17.1 Å². The van der Waals surface area contributed by atoms with Crippen LogP contribution in [0, 0.1) is 0 Å². The predicted molar refractivity (Wildman–Crippen MR) is 89.1 cm³/mol. The van der Waals surface area contributed by atoms with E-state index in [0.29, 0.717) is 23.7 Å². The van der Waals surface area contributed by atoms with E-state index in [4.69, 9.17) is 4.74 Å². The van der Waals surface area contributed by atoms with Gasteiger partial charge in [0, 0.05) is 7.05 Å². The van der Waals surface area contributed by atoms with E-state index in [9.17, 15) is 4.79 Å². The predicted octanol–water partition coefficient (Wildman–Crippen LogP) is 2.53. The highest BCUT2D eigenvalue weighted by Gasteiger charge is 2.28. The number of nitrogens with zero attached hydrogens (tertiary/aromatic N) is 4. The molecule has 1 aliphatic rings. The summed E-state index contributed by atoms with van der Waals surface area (Å²) in [6.07, 6.45) is 0. The molecule has 1 amide bonds. The van der Waals surface area contributed by atoms with Crippen molar-refractivity contribution in [2.75, 3.05) is 14.2 Å². The Hall–Kier alpha value is -3.15. The monoisotopic (exact) mass is 320 g/mol. The molecule has 0 bridgehead atoms. The Bertz CT molecular complexity index is 932. The molecule has 24 heavy (non-hydrogen) atoms. The lowest BCUT2D eigenvalue weighted by Gasteiger charge is -2.13. The van der Waals surface area contributed by atoms with Gasteiger partial charge in [0.2, 0.25) is 0 Å². The summed E-state index contributed by atoms with van der Waals surface area (Å²) in [6, 6.07) is 15.2. The summed E-state index contributed by atoms with van der Waals surface area (Å²) in [5.74, 6) is 2.07. The van der Waals surface area contributed by atoms with Gasteiger partial charge in [0.1, 0.15) is 5.75 Å². The molecular weight excluding hydrogens is 304 g/mol. The van der Waals surface area contributed by atoms with E-state index in [2.05, 4.69) is 10.2 Å². The summed E-state index contributed by atoms with van der Waals surface area (Å²) in [7, 11) is 3.40. The van der Waals surface area contributed by atoms with Crippen LogP contribution in [0.2, 0.25) is 0 Å². The number of methoxy groups -OCH3 is 1. The summed E-state index contributed by atoms with van der Waals surface area (Å²) in [4.78, 5) is 14.3. The van der Waals surface area contributed by atoms with Gasteiger partial charge in [-0.1, -0.05) is 24.3 Å². The van der Waals surface area contributed by atoms with Crippen molar-refractivity contribution in [1.82, 2.24) is 19.7 Å². The molecule has 0 radical (unpaired) electrons. The molecule has 120 valence electrons. The first-order valence-corrected chi connectivity index (χ1v) is 7.63. The van der Waals surface area contributed by atoms with Gasteiger partial charge in [-0.15, -0.1) is 10.2 Å². The molecule has 0 saturated heterocycles. The lowest BCUT2D eigenvalue weighted by atomic mass is 10.1. The van der Waals surface area contributed by atoms with Gasteiger partial charge in [-0.25, -0.2) is 0 Å². The highest BCUT2D eigenvalue weighted by Crippen LogP contribution is 2.33. The van der Waals surface area contributed by atoms with Crippen LogP contribution in [-0.2, 0) is 6.54 Å². The maximum Gasteiger partial charge on any atom is 0.256 e. The van der Waals surface area contributed by atoms with Crippen molar-refractivity contribution in [2.24, 2.45) is 0 Å². The molecule has 2 heterocycles. The molecule has 6 heteroatoms. The normalized spacial score (nSPS) is 13.2. The highest BCUT2D eigenvalue weighted by atomic mass is 16.5.